The first-order valence-electron chi connectivity index (χ1n) is 7.11. The minimum absolute atomic E-state index is 0. The lowest BCUT2D eigenvalue weighted by Gasteiger charge is -2.38. The summed E-state index contributed by atoms with van der Waals surface area (Å²) in [5.74, 6) is 0.366. The average Bonchev–Trinajstić information content (AvgIpc) is 2.97. The molecule has 3 rings (SSSR count). The maximum absolute atomic E-state index is 12.6. The van der Waals surface area contributed by atoms with Gasteiger partial charge in [-0.05, 0) is 38.3 Å². The molecule has 0 unspecified atom stereocenters. The molecule has 1 aromatic carbocycles. The van der Waals surface area contributed by atoms with Gasteiger partial charge in [0, 0.05) is 12.6 Å². The third-order valence-electron chi connectivity index (χ3n) is 4.87. The van der Waals surface area contributed by atoms with Crippen LogP contribution in [0, 0.1) is 5.92 Å². The quantitative estimate of drug-likeness (QED) is 0.803. The van der Waals surface area contributed by atoms with E-state index in [0.717, 1.165) is 24.9 Å². The van der Waals surface area contributed by atoms with Gasteiger partial charge in [-0.2, -0.15) is 0 Å². The Morgan fingerprint density at radius 2 is 2.10 bits per heavy atom. The molecular formula is C16H22ClNO2. The molecule has 2 bridgehead atoms. The van der Waals surface area contributed by atoms with E-state index in [2.05, 4.69) is 24.1 Å². The number of carbonyl (C=O) groups excluding carboxylic acids is 1. The molecule has 2 aliphatic rings. The van der Waals surface area contributed by atoms with Crippen LogP contribution in [-0.2, 0) is 14.9 Å². The first kappa shape index (κ1) is 15.3. The molecule has 20 heavy (non-hydrogen) atoms. The monoisotopic (exact) mass is 295 g/mol. The molecule has 0 amide bonds. The molecule has 1 heterocycles. The van der Waals surface area contributed by atoms with Gasteiger partial charge in [0.05, 0.1) is 12.0 Å². The Morgan fingerprint density at radius 1 is 1.40 bits per heavy atom. The second-order valence-corrected chi connectivity index (χ2v) is 5.79. The fourth-order valence-electron chi connectivity index (χ4n) is 3.93. The first-order valence-corrected chi connectivity index (χ1v) is 7.11. The molecule has 2 fully saturated rings. The Morgan fingerprint density at radius 3 is 2.60 bits per heavy atom. The van der Waals surface area contributed by atoms with E-state index in [-0.39, 0.29) is 18.4 Å². The Balaban J connectivity index is 0.00000147. The van der Waals surface area contributed by atoms with Crippen molar-refractivity contribution in [2.75, 3.05) is 20.2 Å². The van der Waals surface area contributed by atoms with E-state index in [1.165, 1.54) is 0 Å². The van der Waals surface area contributed by atoms with Crippen molar-refractivity contribution in [1.82, 2.24) is 4.90 Å². The summed E-state index contributed by atoms with van der Waals surface area (Å²) in [5.41, 5.74) is 0.725. The van der Waals surface area contributed by atoms with Gasteiger partial charge in [0.1, 0.15) is 0 Å². The Bertz CT molecular complexity index is 477. The van der Waals surface area contributed by atoms with Crippen LogP contribution in [0.15, 0.2) is 30.3 Å². The van der Waals surface area contributed by atoms with Crippen LogP contribution in [0.3, 0.4) is 0 Å². The lowest BCUT2D eigenvalue weighted by Crippen LogP contribution is -2.48. The number of esters is 1. The van der Waals surface area contributed by atoms with Crippen LogP contribution in [0.2, 0.25) is 0 Å². The van der Waals surface area contributed by atoms with Gasteiger partial charge in [0.15, 0.2) is 0 Å². The summed E-state index contributed by atoms with van der Waals surface area (Å²) >= 11 is 0. The predicted octanol–water partition coefficient (Wildman–Crippen LogP) is 2.63. The third kappa shape index (κ3) is 2.13. The van der Waals surface area contributed by atoms with E-state index >= 15 is 0 Å². The van der Waals surface area contributed by atoms with Gasteiger partial charge in [0.2, 0.25) is 0 Å². The number of likely N-dealkylation sites (tertiary alicyclic amines) is 1. The molecule has 0 radical (unpaired) electrons. The van der Waals surface area contributed by atoms with Crippen molar-refractivity contribution in [2.24, 2.45) is 5.92 Å². The van der Waals surface area contributed by atoms with Crippen molar-refractivity contribution >= 4 is 18.4 Å². The maximum atomic E-state index is 12.6. The lowest BCUT2D eigenvalue weighted by molar-refractivity contribution is -0.153. The molecule has 1 saturated heterocycles. The summed E-state index contributed by atoms with van der Waals surface area (Å²) in [6, 6.07) is 10.7. The van der Waals surface area contributed by atoms with Gasteiger partial charge in [-0.3, -0.25) is 4.79 Å². The summed E-state index contributed by atoms with van der Waals surface area (Å²) in [7, 11) is 2.16. The smallest absolute Gasteiger partial charge is 0.316 e. The predicted molar refractivity (Wildman–Crippen MR) is 81.1 cm³/mol. The summed E-state index contributed by atoms with van der Waals surface area (Å²) < 4.78 is 5.41. The lowest BCUT2D eigenvalue weighted by atomic mass is 9.71. The van der Waals surface area contributed by atoms with Crippen LogP contribution in [-0.4, -0.2) is 37.1 Å². The number of hydrogen-bond donors (Lipinski definition) is 0. The van der Waals surface area contributed by atoms with E-state index in [4.69, 9.17) is 4.74 Å². The highest BCUT2D eigenvalue weighted by atomic mass is 35.5. The van der Waals surface area contributed by atoms with Crippen LogP contribution in [0.1, 0.15) is 25.3 Å². The minimum Gasteiger partial charge on any atom is -0.465 e. The van der Waals surface area contributed by atoms with Crippen molar-refractivity contribution in [3.63, 3.8) is 0 Å². The van der Waals surface area contributed by atoms with Crippen LogP contribution in [0.4, 0.5) is 0 Å². The standard InChI is InChI=1S/C16H21NO2.ClH/c1-3-19-15(18)16(12-7-5-4-6-8-12)10-14-9-13(16)11-17(14)2;/h4-8,13-14H,3,9-11H2,1-2H3;1H/t13-,14-,16-;/m0./s1. The SMILES string of the molecule is CCOC(=O)[C@]1(c2ccccc2)C[C@@H]2C[C@H]1CN2C.Cl. The van der Waals surface area contributed by atoms with Crippen LogP contribution in [0.25, 0.3) is 0 Å². The molecule has 1 aliphatic carbocycles. The fraction of sp³-hybridized carbons (Fsp3) is 0.562. The zero-order chi connectivity index (χ0) is 13.5. The van der Waals surface area contributed by atoms with Crippen molar-refractivity contribution in [2.45, 2.75) is 31.2 Å². The number of fused-ring (bicyclic) bond motifs is 2. The van der Waals surface area contributed by atoms with Crippen LogP contribution in [0.5, 0.6) is 0 Å². The number of piperidine rings is 1. The fourth-order valence-corrected chi connectivity index (χ4v) is 3.93. The number of rotatable bonds is 3. The van der Waals surface area contributed by atoms with Crippen LogP contribution < -0.4 is 0 Å². The van der Waals surface area contributed by atoms with Gasteiger partial charge in [0.25, 0.3) is 0 Å². The maximum Gasteiger partial charge on any atom is 0.316 e. The molecular weight excluding hydrogens is 274 g/mol. The molecule has 0 spiro atoms. The number of nitrogens with zero attached hydrogens (tertiary/aromatic N) is 1. The highest BCUT2D eigenvalue weighted by Gasteiger charge is 2.59. The normalized spacial score (nSPS) is 31.9. The Labute approximate surface area is 126 Å². The van der Waals surface area contributed by atoms with Crippen molar-refractivity contribution in [3.8, 4) is 0 Å². The molecule has 1 aromatic rings. The molecule has 0 N–H and O–H groups in total. The summed E-state index contributed by atoms with van der Waals surface area (Å²) in [6.07, 6.45) is 2.02. The molecule has 0 aromatic heterocycles. The van der Waals surface area contributed by atoms with E-state index in [0.29, 0.717) is 18.6 Å². The zero-order valence-corrected chi connectivity index (χ0v) is 12.9. The third-order valence-corrected chi connectivity index (χ3v) is 4.87. The van der Waals surface area contributed by atoms with Crippen molar-refractivity contribution in [3.05, 3.63) is 35.9 Å². The summed E-state index contributed by atoms with van der Waals surface area (Å²) in [6.45, 7) is 3.34. The van der Waals surface area contributed by atoms with Crippen molar-refractivity contribution < 1.29 is 9.53 Å². The largest absolute Gasteiger partial charge is 0.465 e. The molecule has 3 atom stereocenters. The number of hydrogen-bond acceptors (Lipinski definition) is 3. The Kier molecular flexibility index (Phi) is 4.40. The second-order valence-electron chi connectivity index (χ2n) is 5.79. The second kappa shape index (κ2) is 5.74. The van der Waals surface area contributed by atoms with Gasteiger partial charge in [-0.1, -0.05) is 30.3 Å². The summed E-state index contributed by atoms with van der Waals surface area (Å²) in [5, 5.41) is 0. The first-order chi connectivity index (χ1) is 9.18. The Hall–Kier alpha value is -1.06. The highest BCUT2D eigenvalue weighted by molar-refractivity contribution is 5.85. The topological polar surface area (TPSA) is 29.5 Å². The van der Waals surface area contributed by atoms with E-state index < -0.39 is 5.41 Å². The molecule has 1 aliphatic heterocycles. The number of benzene rings is 1. The average molecular weight is 296 g/mol. The number of ether oxygens (including phenoxy) is 1. The molecule has 110 valence electrons. The molecule has 3 nitrogen and oxygen atoms in total. The minimum atomic E-state index is -0.408. The number of halogens is 1. The highest BCUT2D eigenvalue weighted by Crippen LogP contribution is 2.52. The van der Waals surface area contributed by atoms with Crippen LogP contribution >= 0.6 is 12.4 Å². The zero-order valence-electron chi connectivity index (χ0n) is 12.0. The van der Waals surface area contributed by atoms with E-state index in [1.54, 1.807) is 0 Å². The summed E-state index contributed by atoms with van der Waals surface area (Å²) in [4.78, 5) is 15.0. The van der Waals surface area contributed by atoms with Crippen molar-refractivity contribution in [1.29, 1.82) is 0 Å². The molecule has 4 heteroatoms. The van der Waals surface area contributed by atoms with Gasteiger partial charge in [-0.15, -0.1) is 12.4 Å². The van der Waals surface area contributed by atoms with Gasteiger partial charge in [-0.25, -0.2) is 0 Å². The van der Waals surface area contributed by atoms with E-state index in [9.17, 15) is 4.79 Å². The van der Waals surface area contributed by atoms with E-state index in [1.807, 2.05) is 25.1 Å². The van der Waals surface area contributed by atoms with Gasteiger partial charge >= 0.3 is 5.97 Å². The van der Waals surface area contributed by atoms with Gasteiger partial charge < -0.3 is 9.64 Å². The number of carbonyl (C=O) groups is 1. The molecule has 1 saturated carbocycles.